The lowest BCUT2D eigenvalue weighted by molar-refractivity contribution is -0.144. The van der Waals surface area contributed by atoms with Gasteiger partial charge in [-0.3, -0.25) is 9.48 Å². The number of benzene rings is 1. The molecule has 5 heteroatoms. The Labute approximate surface area is 146 Å². The van der Waals surface area contributed by atoms with Gasteiger partial charge in [0.2, 0.25) is 0 Å². The van der Waals surface area contributed by atoms with Crippen LogP contribution in [-0.4, -0.2) is 15.7 Å². The number of aromatic nitrogens is 2. The third-order valence-electron chi connectivity index (χ3n) is 3.74. The number of aryl methyl sites for hydroxylation is 1. The predicted molar refractivity (Wildman–Crippen MR) is 94.2 cm³/mol. The van der Waals surface area contributed by atoms with E-state index in [1.165, 1.54) is 0 Å². The summed E-state index contributed by atoms with van der Waals surface area (Å²) >= 11 is 3.46. The number of rotatable bonds is 6. The van der Waals surface area contributed by atoms with E-state index >= 15 is 0 Å². The smallest absolute Gasteiger partial charge is 0.310 e. The van der Waals surface area contributed by atoms with Crippen LogP contribution in [0.25, 0.3) is 0 Å². The minimum absolute atomic E-state index is 0.226. The fraction of sp³-hybridized carbons (Fsp3) is 0.444. The van der Waals surface area contributed by atoms with Crippen LogP contribution in [-0.2, 0) is 29.1 Å². The SMILES string of the molecule is Cc1nn(CC(C)C)c(C)c1CC(=O)OCc1ccccc1Br. The van der Waals surface area contributed by atoms with Gasteiger partial charge in [-0.1, -0.05) is 48.0 Å². The summed E-state index contributed by atoms with van der Waals surface area (Å²) in [6, 6.07) is 7.74. The van der Waals surface area contributed by atoms with Crippen molar-refractivity contribution in [2.75, 3.05) is 0 Å². The first-order valence-corrected chi connectivity index (χ1v) is 8.59. The molecule has 23 heavy (non-hydrogen) atoms. The van der Waals surface area contributed by atoms with Crippen molar-refractivity contribution in [1.29, 1.82) is 0 Å². The van der Waals surface area contributed by atoms with Gasteiger partial charge in [-0.2, -0.15) is 5.10 Å². The molecule has 124 valence electrons. The van der Waals surface area contributed by atoms with Crippen LogP contribution in [0.5, 0.6) is 0 Å². The first-order valence-electron chi connectivity index (χ1n) is 7.80. The number of esters is 1. The molecule has 0 saturated carbocycles. The van der Waals surface area contributed by atoms with E-state index < -0.39 is 0 Å². The minimum Gasteiger partial charge on any atom is -0.461 e. The van der Waals surface area contributed by atoms with Crippen LogP contribution in [0.4, 0.5) is 0 Å². The average molecular weight is 379 g/mol. The minimum atomic E-state index is -0.226. The van der Waals surface area contributed by atoms with E-state index in [4.69, 9.17) is 4.74 Å². The van der Waals surface area contributed by atoms with Gasteiger partial charge in [0.15, 0.2) is 0 Å². The second-order valence-electron chi connectivity index (χ2n) is 6.15. The highest BCUT2D eigenvalue weighted by atomic mass is 79.9. The Bertz CT molecular complexity index is 692. The molecular formula is C18H23BrN2O2. The van der Waals surface area contributed by atoms with E-state index in [9.17, 15) is 4.79 Å². The highest BCUT2D eigenvalue weighted by Crippen LogP contribution is 2.18. The molecule has 0 fully saturated rings. The van der Waals surface area contributed by atoms with Gasteiger partial charge in [0.1, 0.15) is 6.61 Å². The van der Waals surface area contributed by atoms with Crippen molar-refractivity contribution in [2.45, 2.75) is 47.3 Å². The summed E-state index contributed by atoms with van der Waals surface area (Å²) in [6.45, 7) is 9.40. The number of carbonyl (C=O) groups is 1. The van der Waals surface area contributed by atoms with Crippen LogP contribution in [0.15, 0.2) is 28.7 Å². The molecule has 0 unspecified atom stereocenters. The van der Waals surface area contributed by atoms with Gasteiger partial charge in [-0.25, -0.2) is 0 Å². The summed E-state index contributed by atoms with van der Waals surface area (Å²) in [6.07, 6.45) is 0.264. The largest absolute Gasteiger partial charge is 0.461 e. The molecule has 0 aliphatic carbocycles. The standard InChI is InChI=1S/C18H23BrN2O2/c1-12(2)10-21-14(4)16(13(3)20-21)9-18(22)23-11-15-7-5-6-8-17(15)19/h5-8,12H,9-11H2,1-4H3. The fourth-order valence-corrected chi connectivity index (χ4v) is 2.88. The van der Waals surface area contributed by atoms with Crippen molar-refractivity contribution in [3.05, 3.63) is 51.3 Å². The summed E-state index contributed by atoms with van der Waals surface area (Å²) in [4.78, 5) is 12.2. The lowest BCUT2D eigenvalue weighted by Crippen LogP contribution is -2.11. The van der Waals surface area contributed by atoms with Gasteiger partial charge < -0.3 is 4.74 Å². The maximum Gasteiger partial charge on any atom is 0.310 e. The summed E-state index contributed by atoms with van der Waals surface area (Å²) in [5.74, 6) is 0.291. The normalized spacial score (nSPS) is 11.0. The fourth-order valence-electron chi connectivity index (χ4n) is 2.48. The number of carbonyl (C=O) groups excluding carboxylic acids is 1. The molecule has 0 aliphatic rings. The third-order valence-corrected chi connectivity index (χ3v) is 4.51. The van der Waals surface area contributed by atoms with E-state index in [-0.39, 0.29) is 19.0 Å². The van der Waals surface area contributed by atoms with E-state index in [0.29, 0.717) is 5.92 Å². The molecule has 0 spiro atoms. The molecule has 2 rings (SSSR count). The van der Waals surface area contributed by atoms with Gasteiger partial charge in [0.25, 0.3) is 0 Å². The molecule has 0 aliphatic heterocycles. The number of hydrogen-bond acceptors (Lipinski definition) is 3. The first kappa shape index (κ1) is 17.7. The molecule has 2 aromatic rings. The third kappa shape index (κ3) is 4.67. The summed E-state index contributed by atoms with van der Waals surface area (Å²) < 4.78 is 8.34. The molecular weight excluding hydrogens is 356 g/mol. The van der Waals surface area contributed by atoms with Gasteiger partial charge >= 0.3 is 5.97 Å². The molecule has 0 amide bonds. The van der Waals surface area contributed by atoms with E-state index in [0.717, 1.165) is 33.5 Å². The number of ether oxygens (including phenoxy) is 1. The van der Waals surface area contributed by atoms with Crippen molar-refractivity contribution in [3.8, 4) is 0 Å². The zero-order chi connectivity index (χ0) is 17.0. The molecule has 1 heterocycles. The van der Waals surface area contributed by atoms with Crippen molar-refractivity contribution in [3.63, 3.8) is 0 Å². The Morgan fingerprint density at radius 2 is 2.00 bits per heavy atom. The van der Waals surface area contributed by atoms with Gasteiger partial charge in [-0.05, 0) is 25.8 Å². The molecule has 0 atom stereocenters. The molecule has 1 aromatic heterocycles. The average Bonchev–Trinajstić information content (AvgIpc) is 2.73. The molecule has 0 saturated heterocycles. The van der Waals surface area contributed by atoms with Crippen molar-refractivity contribution < 1.29 is 9.53 Å². The maximum atomic E-state index is 12.2. The van der Waals surface area contributed by atoms with E-state index in [2.05, 4.69) is 34.9 Å². The number of nitrogens with zero attached hydrogens (tertiary/aromatic N) is 2. The Kier molecular flexibility index (Phi) is 5.99. The summed E-state index contributed by atoms with van der Waals surface area (Å²) in [5.41, 5.74) is 3.89. The monoisotopic (exact) mass is 378 g/mol. The van der Waals surface area contributed by atoms with Crippen molar-refractivity contribution >= 4 is 21.9 Å². The van der Waals surface area contributed by atoms with Gasteiger partial charge in [0, 0.05) is 27.8 Å². The highest BCUT2D eigenvalue weighted by Gasteiger charge is 2.16. The summed E-state index contributed by atoms with van der Waals surface area (Å²) in [7, 11) is 0. The lowest BCUT2D eigenvalue weighted by atomic mass is 10.1. The molecule has 1 aromatic carbocycles. The quantitative estimate of drug-likeness (QED) is 0.707. The highest BCUT2D eigenvalue weighted by molar-refractivity contribution is 9.10. The molecule has 4 nitrogen and oxygen atoms in total. The predicted octanol–water partition coefficient (Wildman–Crippen LogP) is 4.20. The second-order valence-corrected chi connectivity index (χ2v) is 7.01. The topological polar surface area (TPSA) is 44.1 Å². The lowest BCUT2D eigenvalue weighted by Gasteiger charge is -2.09. The van der Waals surface area contributed by atoms with Gasteiger partial charge in [-0.15, -0.1) is 0 Å². The van der Waals surface area contributed by atoms with E-state index in [1.54, 1.807) is 0 Å². The van der Waals surface area contributed by atoms with Crippen molar-refractivity contribution in [1.82, 2.24) is 9.78 Å². The number of halogens is 1. The summed E-state index contributed by atoms with van der Waals surface area (Å²) in [5, 5.41) is 4.54. The Balaban J connectivity index is 2.00. The van der Waals surface area contributed by atoms with Crippen LogP contribution in [0.3, 0.4) is 0 Å². The Morgan fingerprint density at radius 1 is 1.30 bits per heavy atom. The Hall–Kier alpha value is -1.62. The zero-order valence-electron chi connectivity index (χ0n) is 14.1. The molecule has 0 bridgehead atoms. The first-order chi connectivity index (χ1) is 10.9. The molecule has 0 N–H and O–H groups in total. The van der Waals surface area contributed by atoms with E-state index in [1.807, 2.05) is 42.8 Å². The van der Waals surface area contributed by atoms with Gasteiger partial charge in [0.05, 0.1) is 12.1 Å². The van der Waals surface area contributed by atoms with Crippen LogP contribution in [0.1, 0.15) is 36.4 Å². The second kappa shape index (κ2) is 7.77. The van der Waals surface area contributed by atoms with Crippen LogP contribution in [0.2, 0.25) is 0 Å². The Morgan fingerprint density at radius 3 is 2.65 bits per heavy atom. The van der Waals surface area contributed by atoms with Crippen LogP contribution >= 0.6 is 15.9 Å². The number of hydrogen-bond donors (Lipinski definition) is 0. The van der Waals surface area contributed by atoms with Crippen LogP contribution < -0.4 is 0 Å². The maximum absolute atomic E-state index is 12.2. The zero-order valence-corrected chi connectivity index (χ0v) is 15.7. The van der Waals surface area contributed by atoms with Crippen LogP contribution in [0, 0.1) is 19.8 Å². The van der Waals surface area contributed by atoms with Crippen molar-refractivity contribution in [2.24, 2.45) is 5.92 Å². The molecule has 0 radical (unpaired) electrons.